The third-order valence-corrected chi connectivity index (χ3v) is 6.14. The topological polar surface area (TPSA) is 153 Å². The van der Waals surface area contributed by atoms with Gasteiger partial charge in [-0.3, -0.25) is 19.8 Å². The van der Waals surface area contributed by atoms with E-state index in [-0.39, 0.29) is 23.7 Å². The van der Waals surface area contributed by atoms with Crippen molar-refractivity contribution >= 4 is 45.8 Å². The quantitative estimate of drug-likeness (QED) is 0.203. The van der Waals surface area contributed by atoms with E-state index in [4.69, 9.17) is 11.1 Å². The highest BCUT2D eigenvalue weighted by Crippen LogP contribution is 2.25. The molecule has 33 heavy (non-hydrogen) atoms. The molecule has 0 unspecified atom stereocenters. The highest BCUT2D eigenvalue weighted by molar-refractivity contribution is 7.17. The number of likely N-dealkylation sites (tertiary alicyclic amines) is 1. The second-order valence-electron chi connectivity index (χ2n) is 7.81. The zero-order valence-corrected chi connectivity index (χ0v) is 19.4. The van der Waals surface area contributed by atoms with E-state index < -0.39 is 0 Å². The molecule has 3 rings (SSSR count). The number of amides is 3. The van der Waals surface area contributed by atoms with Crippen molar-refractivity contribution in [2.45, 2.75) is 39.0 Å². The Bertz CT molecular complexity index is 1020. The van der Waals surface area contributed by atoms with Crippen LogP contribution in [0.3, 0.4) is 0 Å². The van der Waals surface area contributed by atoms with Crippen molar-refractivity contribution in [3.8, 4) is 0 Å². The number of rotatable bonds is 10. The highest BCUT2D eigenvalue weighted by Gasteiger charge is 2.21. The van der Waals surface area contributed by atoms with Gasteiger partial charge in [0.15, 0.2) is 11.1 Å². The molecular formula is C22H29N7O3S. The third-order valence-electron chi connectivity index (χ3n) is 5.13. The van der Waals surface area contributed by atoms with Crippen molar-refractivity contribution in [3.05, 3.63) is 40.4 Å². The average Bonchev–Trinajstić information content (AvgIpc) is 3.35. The number of nitrogens with two attached hydrogens (primary N) is 1. The number of aromatic nitrogens is 1. The lowest BCUT2D eigenvalue weighted by molar-refractivity contribution is -0.127. The number of aryl methyl sites for hydroxylation is 2. The number of thiazole rings is 1. The number of carbonyl (C=O) groups is 3. The van der Waals surface area contributed by atoms with Gasteiger partial charge in [-0.25, -0.2) is 4.98 Å². The lowest BCUT2D eigenvalue weighted by atomic mass is 10.1. The second-order valence-corrected chi connectivity index (χ2v) is 8.80. The minimum absolute atomic E-state index is 0.126. The van der Waals surface area contributed by atoms with E-state index >= 15 is 0 Å². The van der Waals surface area contributed by atoms with Crippen LogP contribution in [0.25, 0.3) is 0 Å². The van der Waals surface area contributed by atoms with Gasteiger partial charge in [0.2, 0.25) is 11.8 Å². The average molecular weight is 472 g/mol. The predicted octanol–water partition coefficient (Wildman–Crippen LogP) is 1.93. The van der Waals surface area contributed by atoms with Crippen LogP contribution in [-0.4, -0.2) is 53.2 Å². The summed E-state index contributed by atoms with van der Waals surface area (Å²) in [5, 5.41) is 16.0. The molecule has 0 spiro atoms. The molecule has 176 valence electrons. The van der Waals surface area contributed by atoms with Gasteiger partial charge in [0, 0.05) is 38.7 Å². The molecule has 1 fully saturated rings. The van der Waals surface area contributed by atoms with Crippen molar-refractivity contribution < 1.29 is 14.4 Å². The van der Waals surface area contributed by atoms with Crippen molar-refractivity contribution in [1.29, 1.82) is 5.41 Å². The highest BCUT2D eigenvalue weighted by atomic mass is 32.1. The van der Waals surface area contributed by atoms with E-state index in [0.717, 1.165) is 35.6 Å². The van der Waals surface area contributed by atoms with Gasteiger partial charge in [-0.15, -0.1) is 0 Å². The first-order valence-electron chi connectivity index (χ1n) is 10.8. The number of anilines is 2. The Kier molecular flexibility index (Phi) is 8.36. The van der Waals surface area contributed by atoms with Gasteiger partial charge in [-0.2, -0.15) is 0 Å². The molecule has 0 atom stereocenters. The van der Waals surface area contributed by atoms with Gasteiger partial charge in [0.25, 0.3) is 5.91 Å². The van der Waals surface area contributed by atoms with Crippen molar-refractivity contribution in [3.63, 3.8) is 0 Å². The van der Waals surface area contributed by atoms with E-state index in [1.165, 1.54) is 6.92 Å². The molecule has 1 aliphatic rings. The number of nitrogens with zero attached hydrogens (tertiary/aromatic N) is 2. The van der Waals surface area contributed by atoms with Crippen LogP contribution in [0.1, 0.15) is 47.1 Å². The Balaban J connectivity index is 1.59. The van der Waals surface area contributed by atoms with Gasteiger partial charge in [-0.05, 0) is 43.4 Å². The summed E-state index contributed by atoms with van der Waals surface area (Å²) in [5.41, 5.74) is 7.73. The molecular weight excluding hydrogens is 442 g/mol. The summed E-state index contributed by atoms with van der Waals surface area (Å²) in [5.74, 6) is -0.423. The van der Waals surface area contributed by atoms with Crippen LogP contribution >= 0.6 is 11.3 Å². The Morgan fingerprint density at radius 2 is 1.97 bits per heavy atom. The smallest absolute Gasteiger partial charge is 0.263 e. The molecule has 1 saturated heterocycles. The summed E-state index contributed by atoms with van der Waals surface area (Å²) < 4.78 is 0. The third kappa shape index (κ3) is 7.28. The summed E-state index contributed by atoms with van der Waals surface area (Å²) in [4.78, 5) is 42.7. The van der Waals surface area contributed by atoms with Crippen LogP contribution in [0.4, 0.5) is 10.8 Å². The maximum atomic E-state index is 12.8. The molecule has 1 aromatic heterocycles. The predicted molar refractivity (Wildman–Crippen MR) is 129 cm³/mol. The maximum Gasteiger partial charge on any atom is 0.263 e. The fourth-order valence-electron chi connectivity index (χ4n) is 3.57. The summed E-state index contributed by atoms with van der Waals surface area (Å²) >= 11 is 1.16. The summed E-state index contributed by atoms with van der Waals surface area (Å²) in [6, 6.07) is 7.51. The number of carbonyl (C=O) groups excluding carboxylic acids is 3. The molecule has 0 aliphatic carbocycles. The number of hydrogen-bond donors (Lipinski definition) is 5. The number of hydrogen-bond acceptors (Lipinski definition) is 6. The summed E-state index contributed by atoms with van der Waals surface area (Å²) in [7, 11) is 0. The fraction of sp³-hybridized carbons (Fsp3) is 0.409. The first-order valence-corrected chi connectivity index (χ1v) is 11.7. The lowest BCUT2D eigenvalue weighted by Crippen LogP contribution is -2.30. The molecule has 2 aromatic rings. The fourth-order valence-corrected chi connectivity index (χ4v) is 4.54. The summed E-state index contributed by atoms with van der Waals surface area (Å²) in [6.07, 6.45) is 3.38. The van der Waals surface area contributed by atoms with Crippen LogP contribution in [0, 0.1) is 5.41 Å². The van der Waals surface area contributed by atoms with Gasteiger partial charge in [0.05, 0.1) is 5.69 Å². The lowest BCUT2D eigenvalue weighted by Gasteiger charge is -2.15. The summed E-state index contributed by atoms with van der Waals surface area (Å²) in [6.45, 7) is 3.29. The number of benzene rings is 1. The van der Waals surface area contributed by atoms with E-state index in [9.17, 15) is 14.4 Å². The number of guanidine groups is 1. The van der Waals surface area contributed by atoms with E-state index in [2.05, 4.69) is 20.9 Å². The monoisotopic (exact) mass is 471 g/mol. The SMILES string of the molecule is CC(=O)Nc1nc(CCc2ccc(NC(=N)N)cc2)c(C(=O)NCCCN2CCCC2=O)s1. The molecule has 1 aliphatic heterocycles. The van der Waals surface area contributed by atoms with Crippen molar-refractivity contribution in [2.75, 3.05) is 30.3 Å². The molecule has 0 saturated carbocycles. The van der Waals surface area contributed by atoms with Crippen LogP contribution < -0.4 is 21.7 Å². The van der Waals surface area contributed by atoms with Gasteiger partial charge >= 0.3 is 0 Å². The molecule has 2 heterocycles. The zero-order valence-electron chi connectivity index (χ0n) is 18.6. The minimum Gasteiger partial charge on any atom is -0.370 e. The van der Waals surface area contributed by atoms with E-state index in [1.807, 2.05) is 29.2 Å². The Hall–Kier alpha value is -3.47. The zero-order chi connectivity index (χ0) is 23.8. The second kappa shape index (κ2) is 11.4. The molecule has 0 bridgehead atoms. The van der Waals surface area contributed by atoms with Crippen molar-refractivity contribution in [1.82, 2.24) is 15.2 Å². The molecule has 10 nitrogen and oxygen atoms in total. The standard InChI is InChI=1S/C22H29N7O3S/c1-14(30)26-22-28-17(10-7-15-5-8-16(9-6-15)27-21(23)24)19(33-22)20(32)25-11-3-13-29-12-2-4-18(29)31/h5-6,8-9H,2-4,7,10-13H2,1H3,(H,25,32)(H4,23,24,27)(H,26,28,30). The van der Waals surface area contributed by atoms with Crippen molar-refractivity contribution in [2.24, 2.45) is 5.73 Å². The maximum absolute atomic E-state index is 12.8. The van der Waals surface area contributed by atoms with Crippen LogP contribution in [0.2, 0.25) is 0 Å². The van der Waals surface area contributed by atoms with E-state index in [1.54, 1.807) is 0 Å². The first-order chi connectivity index (χ1) is 15.8. The van der Waals surface area contributed by atoms with Gasteiger partial charge in [-0.1, -0.05) is 23.5 Å². The number of nitrogens with one attached hydrogen (secondary N) is 4. The van der Waals surface area contributed by atoms with Crippen LogP contribution in [0.5, 0.6) is 0 Å². The van der Waals surface area contributed by atoms with Gasteiger partial charge in [0.1, 0.15) is 4.88 Å². The molecule has 0 radical (unpaired) electrons. The van der Waals surface area contributed by atoms with Crippen LogP contribution in [0.15, 0.2) is 24.3 Å². The molecule has 3 amide bonds. The molecule has 6 N–H and O–H groups in total. The Morgan fingerprint density at radius 3 is 2.61 bits per heavy atom. The van der Waals surface area contributed by atoms with Crippen LogP contribution in [-0.2, 0) is 22.4 Å². The minimum atomic E-state index is -0.244. The molecule has 11 heteroatoms. The Labute approximate surface area is 196 Å². The Morgan fingerprint density at radius 1 is 1.21 bits per heavy atom. The normalized spacial score (nSPS) is 13.1. The first kappa shape index (κ1) is 24.2. The van der Waals surface area contributed by atoms with E-state index in [0.29, 0.717) is 54.5 Å². The van der Waals surface area contributed by atoms with Gasteiger partial charge < -0.3 is 26.6 Å². The molecule has 1 aromatic carbocycles. The largest absolute Gasteiger partial charge is 0.370 e.